The van der Waals surface area contributed by atoms with Gasteiger partial charge in [0, 0.05) is 0 Å². The molecule has 0 radical (unpaired) electrons. The Hall–Kier alpha value is -2.20. The third-order valence-corrected chi connectivity index (χ3v) is 3.85. The van der Waals surface area contributed by atoms with Crippen LogP contribution in [0, 0.1) is 5.82 Å². The number of aliphatic hydroxyl groups is 1. The largest absolute Gasteiger partial charge is 0.378 e. The number of benzene rings is 2. The Balaban J connectivity index is 1.76. The van der Waals surface area contributed by atoms with Gasteiger partial charge in [0.1, 0.15) is 5.82 Å². The number of carbonyl (C=O) groups excluding carboxylic acids is 1. The molecule has 2 aromatic rings. The first-order valence-electron chi connectivity index (χ1n) is 6.92. The molecule has 2 aromatic carbocycles. The van der Waals surface area contributed by atoms with Gasteiger partial charge in [0.25, 0.3) is 5.91 Å². The van der Waals surface area contributed by atoms with E-state index in [0.717, 1.165) is 18.4 Å². The molecule has 1 atom stereocenters. The molecule has 21 heavy (non-hydrogen) atoms. The van der Waals surface area contributed by atoms with Crippen LogP contribution in [0.3, 0.4) is 0 Å². The van der Waals surface area contributed by atoms with Gasteiger partial charge < -0.3 is 10.4 Å². The highest BCUT2D eigenvalue weighted by Crippen LogP contribution is 2.45. The molecule has 0 saturated heterocycles. The van der Waals surface area contributed by atoms with Crippen LogP contribution in [0.1, 0.15) is 30.1 Å². The normalized spacial score (nSPS) is 17.0. The Labute approximate surface area is 122 Å². The number of rotatable bonds is 4. The van der Waals surface area contributed by atoms with Crippen molar-refractivity contribution in [3.63, 3.8) is 0 Å². The molecule has 1 aliphatic rings. The van der Waals surface area contributed by atoms with E-state index in [-0.39, 0.29) is 5.82 Å². The SMILES string of the molecule is O=C(NC1(c2cccc(F)c2)CC1)C(O)c1ccccc1. The van der Waals surface area contributed by atoms with E-state index in [2.05, 4.69) is 5.32 Å². The molecule has 3 rings (SSSR count). The lowest BCUT2D eigenvalue weighted by Gasteiger charge is -2.20. The summed E-state index contributed by atoms with van der Waals surface area (Å²) in [5, 5.41) is 12.9. The highest BCUT2D eigenvalue weighted by atomic mass is 19.1. The molecule has 1 saturated carbocycles. The van der Waals surface area contributed by atoms with E-state index in [4.69, 9.17) is 0 Å². The summed E-state index contributed by atoms with van der Waals surface area (Å²) in [4.78, 5) is 12.2. The van der Waals surface area contributed by atoms with Gasteiger partial charge in [0.2, 0.25) is 0 Å². The average molecular weight is 285 g/mol. The Kier molecular flexibility index (Phi) is 3.47. The summed E-state index contributed by atoms with van der Waals surface area (Å²) in [6.07, 6.45) is 0.296. The Morgan fingerprint density at radius 2 is 1.86 bits per heavy atom. The second kappa shape index (κ2) is 5.30. The molecule has 0 aliphatic heterocycles. The second-order valence-electron chi connectivity index (χ2n) is 5.39. The van der Waals surface area contributed by atoms with E-state index < -0.39 is 17.6 Å². The second-order valence-corrected chi connectivity index (χ2v) is 5.39. The molecule has 0 aromatic heterocycles. The third kappa shape index (κ3) is 2.81. The van der Waals surface area contributed by atoms with Crippen molar-refractivity contribution in [1.82, 2.24) is 5.32 Å². The molecule has 4 heteroatoms. The molecule has 1 fully saturated rings. The Morgan fingerprint density at radius 1 is 1.14 bits per heavy atom. The summed E-state index contributed by atoms with van der Waals surface area (Å²) < 4.78 is 13.3. The van der Waals surface area contributed by atoms with E-state index in [1.54, 1.807) is 36.4 Å². The molecule has 1 amide bonds. The van der Waals surface area contributed by atoms with Gasteiger partial charge in [-0.25, -0.2) is 4.39 Å². The minimum Gasteiger partial charge on any atom is -0.378 e. The molecule has 0 spiro atoms. The molecule has 0 heterocycles. The van der Waals surface area contributed by atoms with Crippen LogP contribution in [0.15, 0.2) is 54.6 Å². The van der Waals surface area contributed by atoms with E-state index >= 15 is 0 Å². The van der Waals surface area contributed by atoms with Crippen molar-refractivity contribution in [2.45, 2.75) is 24.5 Å². The number of aliphatic hydroxyl groups excluding tert-OH is 1. The third-order valence-electron chi connectivity index (χ3n) is 3.85. The minimum absolute atomic E-state index is 0.323. The maximum atomic E-state index is 13.3. The van der Waals surface area contributed by atoms with E-state index in [1.165, 1.54) is 12.1 Å². The Bertz CT molecular complexity index is 653. The van der Waals surface area contributed by atoms with Crippen molar-refractivity contribution in [2.24, 2.45) is 0 Å². The number of nitrogens with one attached hydrogen (secondary N) is 1. The maximum absolute atomic E-state index is 13.3. The zero-order valence-corrected chi connectivity index (χ0v) is 11.4. The van der Waals surface area contributed by atoms with Crippen LogP contribution in [0.2, 0.25) is 0 Å². The molecular formula is C17H16FNO2. The number of amides is 1. The van der Waals surface area contributed by atoms with Gasteiger partial charge in [-0.3, -0.25) is 4.79 Å². The lowest BCUT2D eigenvalue weighted by Crippen LogP contribution is -2.38. The highest BCUT2D eigenvalue weighted by Gasteiger charge is 2.46. The zero-order chi connectivity index (χ0) is 14.9. The molecule has 1 unspecified atom stereocenters. The smallest absolute Gasteiger partial charge is 0.254 e. The van der Waals surface area contributed by atoms with E-state index in [0.29, 0.717) is 5.56 Å². The van der Waals surface area contributed by atoms with Gasteiger partial charge in [-0.05, 0) is 36.1 Å². The average Bonchev–Trinajstić information content (AvgIpc) is 3.28. The summed E-state index contributed by atoms with van der Waals surface area (Å²) in [6.45, 7) is 0. The predicted molar refractivity (Wildman–Crippen MR) is 76.9 cm³/mol. The first kappa shape index (κ1) is 13.8. The fourth-order valence-corrected chi connectivity index (χ4v) is 2.49. The van der Waals surface area contributed by atoms with Crippen LogP contribution < -0.4 is 5.32 Å². The summed E-state index contributed by atoms with van der Waals surface area (Å²) in [5.41, 5.74) is 0.760. The van der Waals surface area contributed by atoms with Crippen molar-refractivity contribution >= 4 is 5.91 Å². The first-order chi connectivity index (χ1) is 10.1. The van der Waals surface area contributed by atoms with Gasteiger partial charge >= 0.3 is 0 Å². The summed E-state index contributed by atoms with van der Waals surface area (Å²) in [5.74, 6) is -0.778. The lowest BCUT2D eigenvalue weighted by molar-refractivity contribution is -0.130. The van der Waals surface area contributed by atoms with Crippen molar-refractivity contribution < 1.29 is 14.3 Å². The summed E-state index contributed by atoms with van der Waals surface area (Å²) in [6, 6.07) is 15.0. The predicted octanol–water partition coefficient (Wildman–Crippen LogP) is 2.66. The molecule has 0 bridgehead atoms. The van der Waals surface area contributed by atoms with Crippen molar-refractivity contribution in [3.05, 3.63) is 71.5 Å². The first-order valence-corrected chi connectivity index (χ1v) is 6.92. The van der Waals surface area contributed by atoms with Crippen LogP contribution in [0.4, 0.5) is 4.39 Å². The summed E-state index contributed by atoms with van der Waals surface area (Å²) in [7, 11) is 0. The standard InChI is InChI=1S/C17H16FNO2/c18-14-8-4-7-13(11-14)17(9-10-17)19-16(21)15(20)12-5-2-1-3-6-12/h1-8,11,15,20H,9-10H2,(H,19,21). The van der Waals surface area contributed by atoms with Crippen LogP contribution in [0.25, 0.3) is 0 Å². The summed E-state index contributed by atoms with van der Waals surface area (Å²) >= 11 is 0. The van der Waals surface area contributed by atoms with Gasteiger partial charge in [0.15, 0.2) is 6.10 Å². The van der Waals surface area contributed by atoms with E-state index in [1.807, 2.05) is 6.07 Å². The van der Waals surface area contributed by atoms with Crippen LogP contribution in [-0.2, 0) is 10.3 Å². The van der Waals surface area contributed by atoms with Crippen molar-refractivity contribution in [2.75, 3.05) is 0 Å². The molecule has 3 nitrogen and oxygen atoms in total. The van der Waals surface area contributed by atoms with Crippen molar-refractivity contribution in [3.8, 4) is 0 Å². The molecule has 1 aliphatic carbocycles. The Morgan fingerprint density at radius 3 is 2.48 bits per heavy atom. The molecule has 108 valence electrons. The van der Waals surface area contributed by atoms with Gasteiger partial charge in [-0.1, -0.05) is 42.5 Å². The lowest BCUT2D eigenvalue weighted by atomic mass is 10.0. The number of halogens is 1. The van der Waals surface area contributed by atoms with Crippen LogP contribution >= 0.6 is 0 Å². The fourth-order valence-electron chi connectivity index (χ4n) is 2.49. The van der Waals surface area contributed by atoms with Gasteiger partial charge in [0.05, 0.1) is 5.54 Å². The van der Waals surface area contributed by atoms with Crippen molar-refractivity contribution in [1.29, 1.82) is 0 Å². The fraction of sp³-hybridized carbons (Fsp3) is 0.235. The maximum Gasteiger partial charge on any atom is 0.254 e. The monoisotopic (exact) mass is 285 g/mol. The minimum atomic E-state index is -1.21. The zero-order valence-electron chi connectivity index (χ0n) is 11.4. The van der Waals surface area contributed by atoms with E-state index in [9.17, 15) is 14.3 Å². The van der Waals surface area contributed by atoms with Gasteiger partial charge in [-0.2, -0.15) is 0 Å². The highest BCUT2D eigenvalue weighted by molar-refractivity contribution is 5.83. The number of carbonyl (C=O) groups is 1. The van der Waals surface area contributed by atoms with Gasteiger partial charge in [-0.15, -0.1) is 0 Å². The van der Waals surface area contributed by atoms with Crippen LogP contribution in [-0.4, -0.2) is 11.0 Å². The molecule has 2 N–H and O–H groups in total. The number of hydrogen-bond donors (Lipinski definition) is 2. The number of hydrogen-bond acceptors (Lipinski definition) is 2. The molecular weight excluding hydrogens is 269 g/mol. The van der Waals surface area contributed by atoms with Crippen LogP contribution in [0.5, 0.6) is 0 Å². The quantitative estimate of drug-likeness (QED) is 0.907. The topological polar surface area (TPSA) is 49.3 Å².